The van der Waals surface area contributed by atoms with E-state index in [1.807, 2.05) is 13.8 Å². The van der Waals surface area contributed by atoms with Gasteiger partial charge in [-0.3, -0.25) is 4.79 Å². The second kappa shape index (κ2) is 8.90. The number of piperidine rings is 1. The molecule has 0 radical (unpaired) electrons. The van der Waals surface area contributed by atoms with E-state index in [0.717, 1.165) is 37.7 Å². The van der Waals surface area contributed by atoms with Gasteiger partial charge in [-0.2, -0.15) is 4.31 Å². The normalized spacial score (nSPS) is 22.0. The standard InChI is InChI=1S/C19H29N3O3S.ClH/c1-13-6-9-16(26(24,25)22-10-4-3-5-14(22)2)11-17(13)19(23)21-18(12-20)15-7-8-15;/h6,9,11,14-15,18H,3-5,7-8,10,12,20H2,1-2H3,(H,21,23);1H. The van der Waals surface area contributed by atoms with Gasteiger partial charge in [-0.05, 0) is 63.1 Å². The first-order valence-electron chi connectivity index (χ1n) is 9.48. The number of nitrogens with zero attached hydrogens (tertiary/aromatic N) is 1. The molecule has 152 valence electrons. The zero-order chi connectivity index (χ0) is 18.9. The van der Waals surface area contributed by atoms with Crippen molar-refractivity contribution in [3.8, 4) is 0 Å². The number of carbonyl (C=O) groups excluding carboxylic acids is 1. The lowest BCUT2D eigenvalue weighted by Gasteiger charge is -2.32. The van der Waals surface area contributed by atoms with Crippen LogP contribution in [0.15, 0.2) is 23.1 Å². The molecule has 1 aromatic rings. The van der Waals surface area contributed by atoms with E-state index in [-0.39, 0.29) is 35.3 Å². The lowest BCUT2D eigenvalue weighted by Crippen LogP contribution is -2.43. The summed E-state index contributed by atoms with van der Waals surface area (Å²) in [6.07, 6.45) is 4.97. The number of amides is 1. The highest BCUT2D eigenvalue weighted by Gasteiger charge is 2.33. The van der Waals surface area contributed by atoms with Crippen molar-refractivity contribution in [2.45, 2.75) is 62.9 Å². The van der Waals surface area contributed by atoms with Gasteiger partial charge in [0.1, 0.15) is 0 Å². The number of rotatable bonds is 6. The van der Waals surface area contributed by atoms with E-state index < -0.39 is 10.0 Å². The lowest BCUT2D eigenvalue weighted by molar-refractivity contribution is 0.0932. The van der Waals surface area contributed by atoms with Crippen molar-refractivity contribution in [2.24, 2.45) is 11.7 Å². The van der Waals surface area contributed by atoms with Crippen LogP contribution in [-0.2, 0) is 10.0 Å². The molecule has 1 aliphatic heterocycles. The lowest BCUT2D eigenvalue weighted by atomic mass is 10.1. The third-order valence-corrected chi connectivity index (χ3v) is 7.57. The van der Waals surface area contributed by atoms with Crippen LogP contribution in [0, 0.1) is 12.8 Å². The first kappa shape index (κ1) is 22.1. The van der Waals surface area contributed by atoms with E-state index in [1.165, 1.54) is 6.07 Å². The van der Waals surface area contributed by atoms with Gasteiger partial charge in [-0.1, -0.05) is 12.5 Å². The Bertz CT molecular complexity index is 780. The summed E-state index contributed by atoms with van der Waals surface area (Å²) in [5, 5.41) is 2.98. The Balaban J connectivity index is 0.00000261. The molecule has 0 spiro atoms. The number of hydrogen-bond donors (Lipinski definition) is 2. The van der Waals surface area contributed by atoms with Crippen LogP contribution in [-0.4, -0.2) is 43.8 Å². The summed E-state index contributed by atoms with van der Waals surface area (Å²) >= 11 is 0. The maximum absolute atomic E-state index is 13.1. The quantitative estimate of drug-likeness (QED) is 0.746. The highest BCUT2D eigenvalue weighted by molar-refractivity contribution is 7.89. The van der Waals surface area contributed by atoms with E-state index in [4.69, 9.17) is 5.73 Å². The van der Waals surface area contributed by atoms with Crippen LogP contribution in [0.1, 0.15) is 54.9 Å². The van der Waals surface area contributed by atoms with Crippen molar-refractivity contribution < 1.29 is 13.2 Å². The van der Waals surface area contributed by atoms with E-state index in [2.05, 4.69) is 5.32 Å². The molecule has 3 rings (SSSR count). The fraction of sp³-hybridized carbons (Fsp3) is 0.632. The first-order chi connectivity index (χ1) is 12.3. The highest BCUT2D eigenvalue weighted by Crippen LogP contribution is 2.32. The SMILES string of the molecule is Cc1ccc(S(=O)(=O)N2CCCCC2C)cc1C(=O)NC(CN)C1CC1.Cl. The summed E-state index contributed by atoms with van der Waals surface area (Å²) < 4.78 is 27.7. The summed E-state index contributed by atoms with van der Waals surface area (Å²) in [6, 6.07) is 4.78. The number of halogens is 1. The molecule has 1 heterocycles. The van der Waals surface area contributed by atoms with Gasteiger partial charge in [0.2, 0.25) is 10.0 Å². The number of carbonyl (C=O) groups is 1. The van der Waals surface area contributed by atoms with Crippen molar-refractivity contribution in [1.82, 2.24) is 9.62 Å². The maximum Gasteiger partial charge on any atom is 0.251 e. The molecule has 1 amide bonds. The van der Waals surface area contributed by atoms with Gasteiger partial charge in [0.05, 0.1) is 4.90 Å². The van der Waals surface area contributed by atoms with Crippen molar-refractivity contribution >= 4 is 28.3 Å². The number of hydrogen-bond acceptors (Lipinski definition) is 4. The van der Waals surface area contributed by atoms with Crippen LogP contribution in [0.4, 0.5) is 0 Å². The van der Waals surface area contributed by atoms with Crippen LogP contribution >= 0.6 is 12.4 Å². The largest absolute Gasteiger partial charge is 0.348 e. The summed E-state index contributed by atoms with van der Waals surface area (Å²) in [6.45, 7) is 4.71. The molecular weight excluding hydrogens is 386 g/mol. The minimum atomic E-state index is -3.59. The summed E-state index contributed by atoms with van der Waals surface area (Å²) in [7, 11) is -3.59. The van der Waals surface area contributed by atoms with E-state index >= 15 is 0 Å². The average molecular weight is 416 g/mol. The van der Waals surface area contributed by atoms with Crippen LogP contribution in [0.5, 0.6) is 0 Å². The molecule has 0 bridgehead atoms. The minimum absolute atomic E-state index is 0. The zero-order valence-electron chi connectivity index (χ0n) is 16.0. The molecule has 1 aliphatic carbocycles. The molecule has 6 nitrogen and oxygen atoms in total. The Labute approximate surface area is 168 Å². The average Bonchev–Trinajstić information content (AvgIpc) is 3.45. The predicted octanol–water partition coefficient (Wildman–Crippen LogP) is 2.45. The van der Waals surface area contributed by atoms with Crippen molar-refractivity contribution in [3.63, 3.8) is 0 Å². The molecule has 1 saturated carbocycles. The predicted molar refractivity (Wildman–Crippen MR) is 109 cm³/mol. The van der Waals surface area contributed by atoms with Crippen molar-refractivity contribution in [1.29, 1.82) is 0 Å². The van der Waals surface area contributed by atoms with Crippen LogP contribution in [0.3, 0.4) is 0 Å². The van der Waals surface area contributed by atoms with E-state index in [9.17, 15) is 13.2 Å². The van der Waals surface area contributed by atoms with E-state index in [0.29, 0.717) is 24.6 Å². The van der Waals surface area contributed by atoms with Crippen LogP contribution in [0.2, 0.25) is 0 Å². The molecule has 27 heavy (non-hydrogen) atoms. The first-order valence-corrected chi connectivity index (χ1v) is 10.9. The monoisotopic (exact) mass is 415 g/mol. The Morgan fingerprint density at radius 1 is 1.30 bits per heavy atom. The Hall–Kier alpha value is -1.15. The Kier molecular flexibility index (Phi) is 7.30. The van der Waals surface area contributed by atoms with Gasteiger partial charge in [0.15, 0.2) is 0 Å². The van der Waals surface area contributed by atoms with Crippen molar-refractivity contribution in [2.75, 3.05) is 13.1 Å². The van der Waals surface area contributed by atoms with Gasteiger partial charge in [-0.15, -0.1) is 12.4 Å². The van der Waals surface area contributed by atoms with E-state index in [1.54, 1.807) is 16.4 Å². The van der Waals surface area contributed by atoms with Crippen LogP contribution < -0.4 is 11.1 Å². The van der Waals surface area contributed by atoms with Gasteiger partial charge >= 0.3 is 0 Å². The van der Waals surface area contributed by atoms with Gasteiger partial charge < -0.3 is 11.1 Å². The number of benzene rings is 1. The molecule has 1 aromatic carbocycles. The zero-order valence-corrected chi connectivity index (χ0v) is 17.6. The molecule has 2 unspecified atom stereocenters. The summed E-state index contributed by atoms with van der Waals surface area (Å²) in [4.78, 5) is 12.9. The topological polar surface area (TPSA) is 92.5 Å². The second-order valence-electron chi connectivity index (χ2n) is 7.59. The molecule has 8 heteroatoms. The van der Waals surface area contributed by atoms with Gasteiger partial charge in [0.25, 0.3) is 5.91 Å². The Morgan fingerprint density at radius 2 is 2.00 bits per heavy atom. The number of sulfonamides is 1. The molecule has 2 aliphatic rings. The smallest absolute Gasteiger partial charge is 0.251 e. The molecule has 3 N–H and O–H groups in total. The Morgan fingerprint density at radius 3 is 2.59 bits per heavy atom. The molecule has 1 saturated heterocycles. The molecule has 2 atom stereocenters. The minimum Gasteiger partial charge on any atom is -0.348 e. The summed E-state index contributed by atoms with van der Waals surface area (Å²) in [5.41, 5.74) is 6.95. The maximum atomic E-state index is 13.1. The number of aryl methyl sites for hydroxylation is 1. The number of nitrogens with one attached hydrogen (secondary N) is 1. The van der Waals surface area contributed by atoms with Gasteiger partial charge in [0, 0.05) is 30.7 Å². The van der Waals surface area contributed by atoms with Crippen molar-refractivity contribution in [3.05, 3.63) is 29.3 Å². The molecular formula is C19H30ClN3O3S. The van der Waals surface area contributed by atoms with Gasteiger partial charge in [-0.25, -0.2) is 8.42 Å². The molecule has 2 fully saturated rings. The number of nitrogens with two attached hydrogens (primary N) is 1. The fourth-order valence-corrected chi connectivity index (χ4v) is 5.41. The molecule has 0 aromatic heterocycles. The summed E-state index contributed by atoms with van der Waals surface area (Å²) in [5.74, 6) is 0.207. The third-order valence-electron chi connectivity index (χ3n) is 5.56. The fourth-order valence-electron chi connectivity index (χ4n) is 3.68. The second-order valence-corrected chi connectivity index (χ2v) is 9.48. The van der Waals surface area contributed by atoms with Crippen LogP contribution in [0.25, 0.3) is 0 Å². The highest BCUT2D eigenvalue weighted by atomic mass is 35.5. The third kappa shape index (κ3) is 4.83.